The van der Waals surface area contributed by atoms with E-state index in [0.29, 0.717) is 22.4 Å². The van der Waals surface area contributed by atoms with Crippen molar-refractivity contribution in [1.29, 1.82) is 0 Å². The first-order chi connectivity index (χ1) is 11.5. The molecule has 0 saturated heterocycles. The molecule has 0 spiro atoms. The summed E-state index contributed by atoms with van der Waals surface area (Å²) in [6, 6.07) is 10.7. The van der Waals surface area contributed by atoms with E-state index in [2.05, 4.69) is 4.99 Å². The molecule has 0 aliphatic carbocycles. The predicted molar refractivity (Wildman–Crippen MR) is 93.9 cm³/mol. The Kier molecular flexibility index (Phi) is 4.08. The second-order valence-electron chi connectivity index (χ2n) is 5.56. The lowest BCUT2D eigenvalue weighted by Gasteiger charge is -2.07. The summed E-state index contributed by atoms with van der Waals surface area (Å²) in [4.78, 5) is 16.4. The van der Waals surface area contributed by atoms with Crippen molar-refractivity contribution in [3.05, 3.63) is 63.5 Å². The maximum atomic E-state index is 12.2. The van der Waals surface area contributed by atoms with Gasteiger partial charge in [0.1, 0.15) is 22.6 Å². The fraction of sp³-hybridized carbons (Fsp3) is 0.158. The van der Waals surface area contributed by atoms with Gasteiger partial charge in [-0.1, -0.05) is 6.07 Å². The average Bonchev–Trinajstić information content (AvgIpc) is 2.54. The van der Waals surface area contributed by atoms with Crippen molar-refractivity contribution in [2.75, 3.05) is 7.11 Å². The summed E-state index contributed by atoms with van der Waals surface area (Å²) in [6.07, 6.45) is 1.32. The lowest BCUT2D eigenvalue weighted by atomic mass is 10.0. The number of aromatic hydroxyl groups is 1. The fourth-order valence-electron chi connectivity index (χ4n) is 2.62. The zero-order valence-electron chi connectivity index (χ0n) is 13.7. The topological polar surface area (TPSA) is 72.0 Å². The molecule has 0 amide bonds. The number of methoxy groups -OCH3 is 1. The van der Waals surface area contributed by atoms with Crippen LogP contribution in [0.25, 0.3) is 11.0 Å². The highest BCUT2D eigenvalue weighted by molar-refractivity contribution is 5.96. The molecule has 0 saturated carbocycles. The first-order valence-corrected chi connectivity index (χ1v) is 7.44. The van der Waals surface area contributed by atoms with E-state index in [1.807, 2.05) is 19.9 Å². The molecule has 0 atom stereocenters. The smallest absolute Gasteiger partial charge is 0.348 e. The standard InChI is InChI=1S/C19H17NO4/c1-11-8-12(2)17-16(9-11)24-19(22)15(18(17)21)10-20-13-4-6-14(23-3)7-5-13/h4-10,21H,1-3H3. The van der Waals surface area contributed by atoms with Crippen molar-refractivity contribution in [2.24, 2.45) is 4.99 Å². The van der Waals surface area contributed by atoms with E-state index in [1.165, 1.54) is 6.21 Å². The van der Waals surface area contributed by atoms with Crippen LogP contribution in [-0.4, -0.2) is 18.4 Å². The Hall–Kier alpha value is -3.08. The van der Waals surface area contributed by atoms with Gasteiger partial charge < -0.3 is 14.3 Å². The van der Waals surface area contributed by atoms with Gasteiger partial charge >= 0.3 is 5.63 Å². The van der Waals surface area contributed by atoms with Gasteiger partial charge in [-0.05, 0) is 55.3 Å². The molecule has 1 heterocycles. The minimum absolute atomic E-state index is 0.0327. The van der Waals surface area contributed by atoms with Crippen LogP contribution in [0.2, 0.25) is 0 Å². The van der Waals surface area contributed by atoms with E-state index < -0.39 is 5.63 Å². The molecule has 24 heavy (non-hydrogen) atoms. The van der Waals surface area contributed by atoms with Crippen LogP contribution in [-0.2, 0) is 0 Å². The highest BCUT2D eigenvalue weighted by Crippen LogP contribution is 2.30. The Morgan fingerprint density at radius 3 is 2.54 bits per heavy atom. The zero-order valence-corrected chi connectivity index (χ0v) is 13.7. The van der Waals surface area contributed by atoms with Crippen LogP contribution < -0.4 is 10.4 Å². The SMILES string of the molecule is COc1ccc(N=Cc2c(O)c3c(C)cc(C)cc3oc2=O)cc1. The third kappa shape index (κ3) is 2.88. The lowest BCUT2D eigenvalue weighted by molar-refractivity contribution is 0.415. The third-order valence-electron chi connectivity index (χ3n) is 3.77. The molecule has 0 fully saturated rings. The zero-order chi connectivity index (χ0) is 17.3. The largest absolute Gasteiger partial charge is 0.506 e. The van der Waals surface area contributed by atoms with Crippen molar-refractivity contribution >= 4 is 22.9 Å². The van der Waals surface area contributed by atoms with Crippen LogP contribution in [0.4, 0.5) is 5.69 Å². The Morgan fingerprint density at radius 2 is 1.88 bits per heavy atom. The van der Waals surface area contributed by atoms with Gasteiger partial charge in [-0.25, -0.2) is 4.79 Å². The predicted octanol–water partition coefficient (Wildman–Crippen LogP) is 3.87. The van der Waals surface area contributed by atoms with Crippen molar-refractivity contribution in [1.82, 2.24) is 0 Å². The number of hydrogen-bond acceptors (Lipinski definition) is 5. The van der Waals surface area contributed by atoms with Gasteiger partial charge in [-0.15, -0.1) is 0 Å². The number of hydrogen-bond donors (Lipinski definition) is 1. The number of nitrogens with zero attached hydrogens (tertiary/aromatic N) is 1. The molecule has 3 aromatic rings. The summed E-state index contributed by atoms with van der Waals surface area (Å²) in [7, 11) is 1.58. The van der Waals surface area contributed by atoms with Crippen LogP contribution in [0.1, 0.15) is 16.7 Å². The molecule has 1 aromatic heterocycles. The molecule has 1 N–H and O–H groups in total. The Labute approximate surface area is 138 Å². The number of benzene rings is 2. The second-order valence-corrected chi connectivity index (χ2v) is 5.56. The molecular weight excluding hydrogens is 306 g/mol. The number of fused-ring (bicyclic) bond motifs is 1. The highest BCUT2D eigenvalue weighted by atomic mass is 16.5. The van der Waals surface area contributed by atoms with E-state index in [-0.39, 0.29) is 11.3 Å². The van der Waals surface area contributed by atoms with Crippen LogP contribution in [0.5, 0.6) is 11.5 Å². The maximum Gasteiger partial charge on any atom is 0.348 e. The average molecular weight is 323 g/mol. The monoisotopic (exact) mass is 323 g/mol. The van der Waals surface area contributed by atoms with Crippen molar-refractivity contribution in [2.45, 2.75) is 13.8 Å². The third-order valence-corrected chi connectivity index (χ3v) is 3.77. The first-order valence-electron chi connectivity index (χ1n) is 7.44. The van der Waals surface area contributed by atoms with E-state index in [9.17, 15) is 9.90 Å². The number of aliphatic imine (C=N–C) groups is 1. The lowest BCUT2D eigenvalue weighted by Crippen LogP contribution is -2.07. The summed E-state index contributed by atoms with van der Waals surface area (Å²) in [5.41, 5.74) is 2.21. The number of aryl methyl sites for hydroxylation is 2. The highest BCUT2D eigenvalue weighted by Gasteiger charge is 2.14. The van der Waals surface area contributed by atoms with Crippen LogP contribution in [0.3, 0.4) is 0 Å². The molecule has 0 aliphatic rings. The van der Waals surface area contributed by atoms with Gasteiger partial charge in [0, 0.05) is 6.21 Å². The van der Waals surface area contributed by atoms with Crippen molar-refractivity contribution < 1.29 is 14.3 Å². The van der Waals surface area contributed by atoms with E-state index >= 15 is 0 Å². The van der Waals surface area contributed by atoms with Crippen molar-refractivity contribution in [3.8, 4) is 11.5 Å². The fourth-order valence-corrected chi connectivity index (χ4v) is 2.62. The molecule has 2 aromatic carbocycles. The molecule has 3 rings (SSSR count). The molecule has 0 bridgehead atoms. The Morgan fingerprint density at radius 1 is 1.17 bits per heavy atom. The molecule has 0 unspecified atom stereocenters. The van der Waals surface area contributed by atoms with E-state index in [4.69, 9.17) is 9.15 Å². The molecule has 5 nitrogen and oxygen atoms in total. The van der Waals surface area contributed by atoms with Gasteiger partial charge in [0.25, 0.3) is 0 Å². The summed E-state index contributed by atoms with van der Waals surface area (Å²) >= 11 is 0. The van der Waals surface area contributed by atoms with E-state index in [0.717, 1.165) is 11.1 Å². The normalized spacial score (nSPS) is 11.3. The minimum Gasteiger partial charge on any atom is -0.506 e. The molecule has 5 heteroatoms. The van der Waals surface area contributed by atoms with Gasteiger partial charge in [0.2, 0.25) is 0 Å². The first kappa shape index (κ1) is 15.8. The van der Waals surface area contributed by atoms with Gasteiger partial charge in [0.15, 0.2) is 0 Å². The summed E-state index contributed by atoms with van der Waals surface area (Å²) < 4.78 is 10.4. The Balaban J connectivity index is 2.09. The van der Waals surface area contributed by atoms with Crippen LogP contribution >= 0.6 is 0 Å². The van der Waals surface area contributed by atoms with Crippen molar-refractivity contribution in [3.63, 3.8) is 0 Å². The minimum atomic E-state index is -0.623. The molecule has 0 radical (unpaired) electrons. The van der Waals surface area contributed by atoms with Gasteiger partial charge in [0.05, 0.1) is 18.2 Å². The second kappa shape index (κ2) is 6.20. The number of ether oxygens (including phenoxy) is 1. The quantitative estimate of drug-likeness (QED) is 0.586. The molecule has 122 valence electrons. The number of rotatable bonds is 3. The Bertz CT molecular complexity index is 985. The molecular formula is C19H17NO4. The van der Waals surface area contributed by atoms with E-state index in [1.54, 1.807) is 37.4 Å². The summed E-state index contributed by atoms with van der Waals surface area (Å²) in [6.45, 7) is 3.77. The molecule has 0 aliphatic heterocycles. The van der Waals surface area contributed by atoms with Crippen LogP contribution in [0, 0.1) is 13.8 Å². The van der Waals surface area contributed by atoms with Crippen LogP contribution in [0.15, 0.2) is 50.6 Å². The summed E-state index contributed by atoms with van der Waals surface area (Å²) in [5, 5.41) is 11.0. The summed E-state index contributed by atoms with van der Waals surface area (Å²) in [5.74, 6) is 0.601. The maximum absolute atomic E-state index is 12.2. The van der Waals surface area contributed by atoms with Gasteiger partial charge in [-0.3, -0.25) is 4.99 Å². The van der Waals surface area contributed by atoms with Gasteiger partial charge in [-0.2, -0.15) is 0 Å².